The highest BCUT2D eigenvalue weighted by Crippen LogP contribution is 2.20. The molecule has 0 fully saturated rings. The number of aromatic nitrogens is 1. The number of hydrogen-bond acceptors (Lipinski definition) is 6. The number of aliphatic carboxylic acids is 1. The predicted octanol–water partition coefficient (Wildman–Crippen LogP) is 1.16. The molecule has 0 saturated carbocycles. The number of carboxylic acids is 1. The Morgan fingerprint density at radius 2 is 2.32 bits per heavy atom. The van der Waals surface area contributed by atoms with Crippen molar-refractivity contribution in [1.82, 2.24) is 4.98 Å². The molecular formula is C11H12N4O4. The Kier molecular flexibility index (Phi) is 4.76. The van der Waals surface area contributed by atoms with Gasteiger partial charge in [-0.1, -0.05) is 0 Å². The molecule has 0 unspecified atom stereocenters. The van der Waals surface area contributed by atoms with Crippen LogP contribution in [0.1, 0.15) is 18.5 Å². The van der Waals surface area contributed by atoms with Crippen LogP contribution in [-0.2, 0) is 4.79 Å². The number of anilines is 1. The number of carbonyl (C=O) groups is 1. The molecule has 0 saturated heterocycles. The van der Waals surface area contributed by atoms with Gasteiger partial charge in [0.2, 0.25) is 5.69 Å². The second kappa shape index (κ2) is 6.30. The Bertz CT molecular complexity index is 538. The second-order valence-corrected chi connectivity index (χ2v) is 3.82. The largest absolute Gasteiger partial charge is 0.481 e. The first-order valence-corrected chi connectivity index (χ1v) is 5.44. The number of nitriles is 1. The molecule has 1 aromatic rings. The monoisotopic (exact) mass is 264 g/mol. The minimum Gasteiger partial charge on any atom is -0.481 e. The number of pyridine rings is 1. The maximum atomic E-state index is 10.6. The molecule has 1 rings (SSSR count). The van der Waals surface area contributed by atoms with E-state index in [2.05, 4.69) is 4.98 Å². The molecule has 0 aliphatic rings. The second-order valence-electron chi connectivity index (χ2n) is 3.82. The molecule has 1 N–H and O–H groups in total. The van der Waals surface area contributed by atoms with Crippen LogP contribution in [0.25, 0.3) is 0 Å². The maximum Gasteiger partial charge on any atom is 0.305 e. The molecule has 19 heavy (non-hydrogen) atoms. The number of rotatable bonds is 6. The lowest BCUT2D eigenvalue weighted by Crippen LogP contribution is -2.20. The minimum atomic E-state index is -0.886. The molecule has 0 radical (unpaired) electrons. The topological polar surface area (TPSA) is 120 Å². The first kappa shape index (κ1) is 14.4. The molecule has 1 aromatic heterocycles. The van der Waals surface area contributed by atoms with Crippen LogP contribution in [0, 0.1) is 21.4 Å². The molecular weight excluding hydrogens is 252 g/mol. The van der Waals surface area contributed by atoms with E-state index in [0.29, 0.717) is 18.8 Å². The van der Waals surface area contributed by atoms with E-state index in [-0.39, 0.29) is 17.8 Å². The number of nitrogens with zero attached hydrogens (tertiary/aromatic N) is 4. The summed E-state index contributed by atoms with van der Waals surface area (Å²) in [5, 5.41) is 28.0. The molecule has 0 atom stereocenters. The smallest absolute Gasteiger partial charge is 0.305 e. The average molecular weight is 264 g/mol. The van der Waals surface area contributed by atoms with Crippen molar-refractivity contribution in [3.63, 3.8) is 0 Å². The van der Waals surface area contributed by atoms with E-state index in [1.807, 2.05) is 0 Å². The molecule has 0 aliphatic heterocycles. The van der Waals surface area contributed by atoms with E-state index >= 15 is 0 Å². The molecule has 0 amide bonds. The molecule has 1 heterocycles. The lowest BCUT2D eigenvalue weighted by molar-refractivity contribution is -0.385. The van der Waals surface area contributed by atoms with Crippen LogP contribution in [0.15, 0.2) is 12.1 Å². The fourth-order valence-corrected chi connectivity index (χ4v) is 1.47. The van der Waals surface area contributed by atoms with Crippen LogP contribution in [-0.4, -0.2) is 34.6 Å². The van der Waals surface area contributed by atoms with Crippen molar-refractivity contribution in [2.75, 3.05) is 18.5 Å². The van der Waals surface area contributed by atoms with Crippen LogP contribution in [0.5, 0.6) is 0 Å². The molecule has 8 nitrogen and oxygen atoms in total. The van der Waals surface area contributed by atoms with Gasteiger partial charge in [-0.05, 0) is 12.5 Å². The Morgan fingerprint density at radius 3 is 2.84 bits per heavy atom. The van der Waals surface area contributed by atoms with E-state index in [0.717, 1.165) is 0 Å². The molecule has 100 valence electrons. The summed E-state index contributed by atoms with van der Waals surface area (Å²) in [6, 6.07) is 4.32. The zero-order valence-corrected chi connectivity index (χ0v) is 10.2. The Hall–Kier alpha value is -2.69. The van der Waals surface area contributed by atoms with Crippen LogP contribution in [0.4, 0.5) is 11.5 Å². The molecule has 8 heteroatoms. The van der Waals surface area contributed by atoms with E-state index in [1.165, 1.54) is 12.1 Å². The Morgan fingerprint density at radius 1 is 1.63 bits per heavy atom. The summed E-state index contributed by atoms with van der Waals surface area (Å²) in [6.45, 7) is 0.433. The van der Waals surface area contributed by atoms with Crippen LogP contribution < -0.4 is 4.90 Å². The van der Waals surface area contributed by atoms with Gasteiger partial charge in [0.1, 0.15) is 11.9 Å². The summed E-state index contributed by atoms with van der Waals surface area (Å²) in [5.41, 5.74) is -0.599. The molecule has 0 aromatic carbocycles. The molecule has 0 aliphatic carbocycles. The van der Waals surface area contributed by atoms with Gasteiger partial charge >= 0.3 is 11.7 Å². The number of carboxylic acid groups (broad SMARTS) is 1. The van der Waals surface area contributed by atoms with Crippen LogP contribution in [0.3, 0.4) is 0 Å². The highest BCUT2D eigenvalue weighted by Gasteiger charge is 2.16. The quantitative estimate of drug-likeness (QED) is 0.604. The van der Waals surface area contributed by atoms with Crippen molar-refractivity contribution in [2.45, 2.75) is 12.8 Å². The summed E-state index contributed by atoms with van der Waals surface area (Å²) in [6.07, 6.45) is 0.453. The van der Waals surface area contributed by atoms with Crippen molar-refractivity contribution in [3.05, 3.63) is 27.9 Å². The van der Waals surface area contributed by atoms with E-state index < -0.39 is 10.9 Å². The fraction of sp³-hybridized carbons (Fsp3) is 0.364. The van der Waals surface area contributed by atoms with E-state index in [4.69, 9.17) is 10.4 Å². The van der Waals surface area contributed by atoms with Gasteiger partial charge in [0.25, 0.3) is 0 Å². The van der Waals surface area contributed by atoms with Gasteiger partial charge < -0.3 is 10.0 Å². The van der Waals surface area contributed by atoms with Crippen molar-refractivity contribution < 1.29 is 14.8 Å². The Balaban J connectivity index is 2.82. The third-order valence-electron chi connectivity index (χ3n) is 2.44. The summed E-state index contributed by atoms with van der Waals surface area (Å²) in [7, 11) is 1.68. The van der Waals surface area contributed by atoms with Gasteiger partial charge in [-0.25, -0.2) is 4.98 Å². The summed E-state index contributed by atoms with van der Waals surface area (Å²) < 4.78 is 0. The summed E-state index contributed by atoms with van der Waals surface area (Å²) >= 11 is 0. The number of hydrogen-bond donors (Lipinski definition) is 1. The highest BCUT2D eigenvalue weighted by atomic mass is 16.6. The maximum absolute atomic E-state index is 10.6. The Labute approximate surface area is 109 Å². The van der Waals surface area contributed by atoms with Gasteiger partial charge in [0, 0.05) is 26.1 Å². The van der Waals surface area contributed by atoms with Crippen molar-refractivity contribution in [2.24, 2.45) is 0 Å². The van der Waals surface area contributed by atoms with Gasteiger partial charge in [0.05, 0.1) is 4.92 Å². The molecule has 0 spiro atoms. The van der Waals surface area contributed by atoms with Gasteiger partial charge in [-0.2, -0.15) is 5.26 Å². The summed E-state index contributed by atoms with van der Waals surface area (Å²) in [4.78, 5) is 25.9. The minimum absolute atomic E-state index is 0.0302. The van der Waals surface area contributed by atoms with E-state index in [9.17, 15) is 14.9 Å². The first-order chi connectivity index (χ1) is 8.95. The summed E-state index contributed by atoms with van der Waals surface area (Å²) in [5.74, 6) is -0.490. The molecule has 0 bridgehead atoms. The first-order valence-electron chi connectivity index (χ1n) is 5.44. The van der Waals surface area contributed by atoms with Crippen molar-refractivity contribution in [3.8, 4) is 6.07 Å². The number of nitro groups is 1. The van der Waals surface area contributed by atoms with Crippen LogP contribution >= 0.6 is 0 Å². The van der Waals surface area contributed by atoms with Gasteiger partial charge in [-0.3, -0.25) is 14.9 Å². The van der Waals surface area contributed by atoms with E-state index in [1.54, 1.807) is 18.0 Å². The normalized spacial score (nSPS) is 9.68. The predicted molar refractivity (Wildman–Crippen MR) is 65.7 cm³/mol. The lowest BCUT2D eigenvalue weighted by Gasteiger charge is -2.17. The van der Waals surface area contributed by atoms with Crippen molar-refractivity contribution >= 4 is 17.5 Å². The highest BCUT2D eigenvalue weighted by molar-refractivity contribution is 5.66. The van der Waals surface area contributed by atoms with Gasteiger partial charge in [-0.15, -0.1) is 0 Å². The van der Waals surface area contributed by atoms with Crippen LogP contribution in [0.2, 0.25) is 0 Å². The standard InChI is InChI=1S/C11H12N4O4/c1-14(6-2-3-11(16)17)10-5-4-9(15(18)19)8(7-12)13-10/h4-5H,2-3,6H2,1H3,(H,16,17). The van der Waals surface area contributed by atoms with Crippen molar-refractivity contribution in [1.29, 1.82) is 5.26 Å². The lowest BCUT2D eigenvalue weighted by atomic mass is 10.2. The zero-order valence-electron chi connectivity index (χ0n) is 10.2. The third-order valence-corrected chi connectivity index (χ3v) is 2.44. The SMILES string of the molecule is CN(CCCC(=O)O)c1ccc([N+](=O)[O-])c(C#N)n1. The fourth-order valence-electron chi connectivity index (χ4n) is 1.47. The average Bonchev–Trinajstić information content (AvgIpc) is 2.37. The zero-order chi connectivity index (χ0) is 14.4. The third kappa shape index (κ3) is 3.92. The van der Waals surface area contributed by atoms with Gasteiger partial charge in [0.15, 0.2) is 0 Å².